The molecule has 1 N–H and O–H groups in total. The third-order valence-corrected chi connectivity index (χ3v) is 7.03. The van der Waals surface area contributed by atoms with Crippen LogP contribution in [0.3, 0.4) is 0 Å². The first kappa shape index (κ1) is 25.0. The predicted molar refractivity (Wildman–Crippen MR) is 128 cm³/mol. The van der Waals surface area contributed by atoms with Crippen molar-refractivity contribution in [1.29, 1.82) is 0 Å². The van der Waals surface area contributed by atoms with Gasteiger partial charge in [-0.1, -0.05) is 26.3 Å². The predicted octanol–water partition coefficient (Wildman–Crippen LogP) is 4.18. The number of hydrogen-bond donors (Lipinski definition) is 1. The number of hydrogen-bond acceptors (Lipinski definition) is 7. The van der Waals surface area contributed by atoms with E-state index in [4.69, 9.17) is 4.74 Å². The lowest BCUT2D eigenvalue weighted by molar-refractivity contribution is 0.0916. The van der Waals surface area contributed by atoms with Gasteiger partial charge in [0.05, 0.1) is 5.56 Å². The molecule has 1 saturated heterocycles. The van der Waals surface area contributed by atoms with E-state index >= 15 is 0 Å². The Bertz CT molecular complexity index is 1110. The molecule has 3 heterocycles. The lowest BCUT2D eigenvalue weighted by atomic mass is 9.97. The van der Waals surface area contributed by atoms with E-state index < -0.39 is 21.5 Å². The van der Waals surface area contributed by atoms with E-state index in [9.17, 15) is 13.2 Å². The van der Waals surface area contributed by atoms with Gasteiger partial charge in [0.1, 0.15) is 11.4 Å². The van der Waals surface area contributed by atoms with Crippen LogP contribution in [0.1, 0.15) is 71.2 Å². The molecule has 1 unspecified atom stereocenters. The molecule has 0 radical (unpaired) electrons. The summed E-state index contributed by atoms with van der Waals surface area (Å²) in [4.78, 5) is 23.7. The summed E-state index contributed by atoms with van der Waals surface area (Å²) in [6, 6.07) is 7.71. The van der Waals surface area contributed by atoms with E-state index in [2.05, 4.69) is 40.4 Å². The van der Waals surface area contributed by atoms with E-state index in [1.165, 1.54) is 6.07 Å². The number of carbonyl (C=O) groups excluding carboxylic acids is 1. The van der Waals surface area contributed by atoms with Gasteiger partial charge in [-0.05, 0) is 64.7 Å². The number of anilines is 1. The highest BCUT2D eigenvalue weighted by Crippen LogP contribution is 2.37. The molecule has 1 fully saturated rings. The van der Waals surface area contributed by atoms with E-state index in [0.29, 0.717) is 11.7 Å². The number of ether oxygens (including phenoxy) is 1. The molecule has 33 heavy (non-hydrogen) atoms. The minimum Gasteiger partial charge on any atom is -0.472 e. The Hall–Kier alpha value is -2.68. The Balaban J connectivity index is 1.85. The quantitative estimate of drug-likeness (QED) is 0.612. The molecule has 0 aliphatic carbocycles. The van der Waals surface area contributed by atoms with Crippen molar-refractivity contribution in [2.24, 2.45) is 5.92 Å². The maximum Gasteiger partial charge on any atom is 0.281 e. The van der Waals surface area contributed by atoms with Crippen LogP contribution in [0.15, 0.2) is 41.6 Å². The number of rotatable bonds is 8. The third-order valence-electron chi connectivity index (χ3n) is 5.79. The van der Waals surface area contributed by atoms with Gasteiger partial charge in [-0.25, -0.2) is 9.71 Å². The van der Waals surface area contributed by atoms with Gasteiger partial charge in [-0.3, -0.25) is 4.79 Å². The Morgan fingerprint density at radius 2 is 2.00 bits per heavy atom. The topological polar surface area (TPSA) is 101 Å². The second-order valence-electron chi connectivity index (χ2n) is 9.97. The molecule has 1 amide bonds. The van der Waals surface area contributed by atoms with Crippen molar-refractivity contribution in [1.82, 2.24) is 14.7 Å². The summed E-state index contributed by atoms with van der Waals surface area (Å²) in [5.74, 6) is 0.364. The summed E-state index contributed by atoms with van der Waals surface area (Å²) < 4.78 is 34.0. The lowest BCUT2D eigenvalue weighted by Gasteiger charge is -2.33. The van der Waals surface area contributed by atoms with E-state index in [1.807, 2.05) is 20.8 Å². The zero-order valence-electron chi connectivity index (χ0n) is 20.3. The van der Waals surface area contributed by atoms with Gasteiger partial charge >= 0.3 is 0 Å². The lowest BCUT2D eigenvalue weighted by Crippen LogP contribution is -2.41. The molecular weight excluding hydrogens is 440 g/mol. The summed E-state index contributed by atoms with van der Waals surface area (Å²) >= 11 is 0. The number of nitrogens with zero attached hydrogens (tertiary/aromatic N) is 3. The van der Waals surface area contributed by atoms with Crippen molar-refractivity contribution < 1.29 is 17.9 Å². The van der Waals surface area contributed by atoms with Crippen molar-refractivity contribution in [3.05, 3.63) is 42.1 Å². The van der Waals surface area contributed by atoms with Crippen LogP contribution in [-0.4, -0.2) is 42.0 Å². The Labute approximate surface area is 196 Å². The van der Waals surface area contributed by atoms with Gasteiger partial charge in [0.2, 0.25) is 5.88 Å². The highest BCUT2D eigenvalue weighted by molar-refractivity contribution is 7.90. The van der Waals surface area contributed by atoms with Gasteiger partial charge in [0.25, 0.3) is 15.9 Å². The normalized spacial score (nSPS) is 18.2. The Morgan fingerprint density at radius 3 is 2.64 bits per heavy atom. The Kier molecular flexibility index (Phi) is 7.02. The SMILES string of the molecule is CCCC(C)(C)Oc1cccc(S(=O)(=O)NC(=O)c2cccnc2N2CC(C)CC2(C)C)n1. The number of sulfonamides is 1. The summed E-state index contributed by atoms with van der Waals surface area (Å²) in [7, 11) is -4.21. The fraction of sp³-hybridized carbons (Fsp3) is 0.542. The first-order valence-electron chi connectivity index (χ1n) is 11.3. The molecular formula is C24H34N4O4S. The molecule has 2 aromatic rings. The number of nitrogens with one attached hydrogen (secondary N) is 1. The van der Waals surface area contributed by atoms with Crippen LogP contribution in [0.4, 0.5) is 5.82 Å². The summed E-state index contributed by atoms with van der Waals surface area (Å²) in [6.07, 6.45) is 4.27. The fourth-order valence-electron chi connectivity index (χ4n) is 4.52. The van der Waals surface area contributed by atoms with E-state index in [0.717, 1.165) is 25.8 Å². The molecule has 3 rings (SSSR count). The highest BCUT2D eigenvalue weighted by atomic mass is 32.2. The van der Waals surface area contributed by atoms with Gasteiger partial charge in [-0.15, -0.1) is 0 Å². The van der Waals surface area contributed by atoms with Crippen molar-refractivity contribution >= 4 is 21.7 Å². The minimum atomic E-state index is -4.21. The van der Waals surface area contributed by atoms with Crippen LogP contribution < -0.4 is 14.4 Å². The van der Waals surface area contributed by atoms with Crippen molar-refractivity contribution in [3.8, 4) is 5.88 Å². The molecule has 0 bridgehead atoms. The van der Waals surface area contributed by atoms with Crippen LogP contribution in [0, 0.1) is 5.92 Å². The largest absolute Gasteiger partial charge is 0.472 e. The highest BCUT2D eigenvalue weighted by Gasteiger charge is 2.39. The molecule has 0 spiro atoms. The molecule has 0 aromatic carbocycles. The summed E-state index contributed by atoms with van der Waals surface area (Å²) in [5.41, 5.74) is -0.475. The van der Waals surface area contributed by atoms with Crippen LogP contribution in [-0.2, 0) is 10.0 Å². The van der Waals surface area contributed by atoms with E-state index in [1.54, 1.807) is 30.5 Å². The molecule has 8 nitrogen and oxygen atoms in total. The van der Waals surface area contributed by atoms with Crippen LogP contribution >= 0.6 is 0 Å². The van der Waals surface area contributed by atoms with E-state index in [-0.39, 0.29) is 22.0 Å². The number of aromatic nitrogens is 2. The standard InChI is InChI=1S/C24H34N4O4S/c1-7-13-24(5,6)32-19-11-8-12-20(26-19)33(30,31)27-22(29)18-10-9-14-25-21(18)28-16-17(2)15-23(28,3)4/h8-12,14,17H,7,13,15-16H2,1-6H3,(H,27,29). The van der Waals surface area contributed by atoms with Crippen molar-refractivity contribution in [3.63, 3.8) is 0 Å². The maximum absolute atomic E-state index is 13.1. The molecule has 180 valence electrons. The summed E-state index contributed by atoms with van der Waals surface area (Å²) in [6.45, 7) is 13.0. The van der Waals surface area contributed by atoms with Crippen LogP contribution in [0.2, 0.25) is 0 Å². The van der Waals surface area contributed by atoms with Gasteiger partial charge in [-0.2, -0.15) is 13.4 Å². The number of pyridine rings is 2. The second kappa shape index (κ2) is 9.29. The fourth-order valence-corrected chi connectivity index (χ4v) is 5.44. The minimum absolute atomic E-state index is 0.193. The third kappa shape index (κ3) is 5.82. The zero-order chi connectivity index (χ0) is 24.4. The maximum atomic E-state index is 13.1. The Morgan fingerprint density at radius 1 is 1.27 bits per heavy atom. The molecule has 0 saturated carbocycles. The van der Waals surface area contributed by atoms with Crippen molar-refractivity contribution in [2.75, 3.05) is 11.4 Å². The molecule has 1 aliphatic rings. The smallest absolute Gasteiger partial charge is 0.281 e. The van der Waals surface area contributed by atoms with Crippen molar-refractivity contribution in [2.45, 2.75) is 77.0 Å². The first-order chi connectivity index (χ1) is 15.3. The average Bonchev–Trinajstić information content (AvgIpc) is 2.99. The second-order valence-corrected chi connectivity index (χ2v) is 11.6. The molecule has 2 aromatic heterocycles. The van der Waals surface area contributed by atoms with Gasteiger partial charge in [0, 0.05) is 24.3 Å². The zero-order valence-corrected chi connectivity index (χ0v) is 21.1. The van der Waals surface area contributed by atoms with Crippen LogP contribution in [0.25, 0.3) is 0 Å². The molecule has 9 heteroatoms. The van der Waals surface area contributed by atoms with Gasteiger partial charge in [0.15, 0.2) is 5.03 Å². The first-order valence-corrected chi connectivity index (χ1v) is 12.8. The number of amides is 1. The molecule has 1 atom stereocenters. The summed E-state index contributed by atoms with van der Waals surface area (Å²) in [5, 5.41) is -0.277. The number of carbonyl (C=O) groups is 1. The average molecular weight is 475 g/mol. The molecule has 1 aliphatic heterocycles. The monoisotopic (exact) mass is 474 g/mol. The van der Waals surface area contributed by atoms with Gasteiger partial charge < -0.3 is 9.64 Å². The van der Waals surface area contributed by atoms with Crippen LogP contribution in [0.5, 0.6) is 5.88 Å².